The third-order valence-corrected chi connectivity index (χ3v) is 3.07. The van der Waals surface area contributed by atoms with Crippen LogP contribution in [0, 0.1) is 0 Å². The van der Waals surface area contributed by atoms with Gasteiger partial charge in [0.15, 0.2) is 6.61 Å². The monoisotopic (exact) mass is 284 g/mol. The fourth-order valence-corrected chi connectivity index (χ4v) is 2.23. The first-order valence-corrected chi connectivity index (χ1v) is 6.87. The van der Waals surface area contributed by atoms with Crippen molar-refractivity contribution in [2.45, 2.75) is 20.0 Å². The summed E-state index contributed by atoms with van der Waals surface area (Å²) in [6, 6.07) is 13.3. The number of carbonyl (C=O) groups excluding carboxylic acids is 1. The van der Waals surface area contributed by atoms with Crippen molar-refractivity contribution in [3.8, 4) is 5.75 Å². The topological polar surface area (TPSA) is 48.7 Å². The number of hydrogen-bond donors (Lipinski definition) is 0. The van der Waals surface area contributed by atoms with Crippen molar-refractivity contribution in [2.75, 3.05) is 6.61 Å². The van der Waals surface area contributed by atoms with Gasteiger partial charge in [-0.05, 0) is 38.1 Å². The van der Waals surface area contributed by atoms with Crippen molar-refractivity contribution in [2.24, 2.45) is 0 Å². The number of hydrogen-bond acceptors (Lipinski definition) is 4. The largest absolute Gasteiger partial charge is 0.482 e. The van der Waals surface area contributed by atoms with Crippen molar-refractivity contribution in [3.63, 3.8) is 0 Å². The van der Waals surface area contributed by atoms with Gasteiger partial charge in [-0.25, -0.2) is 4.79 Å². The van der Waals surface area contributed by atoms with Crippen molar-refractivity contribution < 1.29 is 18.7 Å². The predicted molar refractivity (Wildman–Crippen MR) is 80.4 cm³/mol. The van der Waals surface area contributed by atoms with E-state index < -0.39 is 0 Å². The van der Waals surface area contributed by atoms with Crippen LogP contribution in [-0.4, -0.2) is 18.7 Å². The summed E-state index contributed by atoms with van der Waals surface area (Å²) in [5, 5.41) is 2.00. The lowest BCUT2D eigenvalue weighted by atomic mass is 10.1. The first-order valence-electron chi connectivity index (χ1n) is 6.87. The molecule has 1 heterocycles. The van der Waals surface area contributed by atoms with Gasteiger partial charge in [-0.15, -0.1) is 0 Å². The van der Waals surface area contributed by atoms with E-state index in [1.54, 1.807) is 6.07 Å². The van der Waals surface area contributed by atoms with E-state index in [-0.39, 0.29) is 18.7 Å². The molecule has 0 atom stereocenters. The Morgan fingerprint density at radius 2 is 1.86 bits per heavy atom. The molecule has 0 fully saturated rings. The number of fused-ring (bicyclic) bond motifs is 3. The smallest absolute Gasteiger partial charge is 0.344 e. The molecule has 0 bridgehead atoms. The molecule has 0 aliphatic heterocycles. The van der Waals surface area contributed by atoms with Gasteiger partial charge in [0.2, 0.25) is 0 Å². The van der Waals surface area contributed by atoms with Gasteiger partial charge in [0.1, 0.15) is 16.9 Å². The molecule has 0 saturated carbocycles. The third kappa shape index (κ3) is 2.84. The number of ether oxygens (including phenoxy) is 2. The number of esters is 1. The molecule has 2 aromatic carbocycles. The van der Waals surface area contributed by atoms with E-state index in [4.69, 9.17) is 13.9 Å². The van der Waals surface area contributed by atoms with E-state index in [1.807, 2.05) is 50.2 Å². The molecule has 0 radical (unpaired) electrons. The van der Waals surface area contributed by atoms with Gasteiger partial charge in [0, 0.05) is 10.8 Å². The summed E-state index contributed by atoms with van der Waals surface area (Å²) in [5.41, 5.74) is 1.64. The first kappa shape index (κ1) is 13.5. The summed E-state index contributed by atoms with van der Waals surface area (Å²) < 4.78 is 16.2. The number of para-hydroxylation sites is 1. The van der Waals surface area contributed by atoms with Gasteiger partial charge in [0.05, 0.1) is 6.10 Å². The predicted octanol–water partition coefficient (Wildman–Crippen LogP) is 3.92. The maximum absolute atomic E-state index is 11.5. The molecule has 0 aliphatic carbocycles. The van der Waals surface area contributed by atoms with Crippen LogP contribution in [0.25, 0.3) is 21.9 Å². The summed E-state index contributed by atoms with van der Waals surface area (Å²) in [7, 11) is 0. The van der Waals surface area contributed by atoms with Crippen LogP contribution < -0.4 is 4.74 Å². The normalized spacial score (nSPS) is 11.2. The zero-order chi connectivity index (χ0) is 14.8. The van der Waals surface area contributed by atoms with E-state index in [9.17, 15) is 4.79 Å². The fraction of sp³-hybridized carbons (Fsp3) is 0.235. The van der Waals surface area contributed by atoms with Crippen LogP contribution in [0.5, 0.6) is 5.75 Å². The Morgan fingerprint density at radius 1 is 1.10 bits per heavy atom. The molecule has 4 heteroatoms. The average molecular weight is 284 g/mol. The average Bonchev–Trinajstić information content (AvgIpc) is 2.82. The highest BCUT2D eigenvalue weighted by atomic mass is 16.6. The minimum atomic E-state index is -0.373. The van der Waals surface area contributed by atoms with Crippen molar-refractivity contribution >= 4 is 27.9 Å². The highest BCUT2D eigenvalue weighted by Crippen LogP contribution is 2.31. The molecule has 4 nitrogen and oxygen atoms in total. The third-order valence-electron chi connectivity index (χ3n) is 3.07. The second kappa shape index (κ2) is 5.48. The molecular formula is C17H16O4. The zero-order valence-corrected chi connectivity index (χ0v) is 12.0. The standard InChI is InChI=1S/C17H16O4/c1-11(2)20-17(18)10-19-12-7-8-16-14(9-12)13-5-3-4-6-15(13)21-16/h3-9,11H,10H2,1-2H3. The quantitative estimate of drug-likeness (QED) is 0.681. The Kier molecular flexibility index (Phi) is 3.52. The van der Waals surface area contributed by atoms with Crippen LogP contribution in [0.2, 0.25) is 0 Å². The molecule has 21 heavy (non-hydrogen) atoms. The fourth-order valence-electron chi connectivity index (χ4n) is 2.23. The Balaban J connectivity index is 1.83. The van der Waals surface area contributed by atoms with Crippen molar-refractivity contribution in [1.82, 2.24) is 0 Å². The molecular weight excluding hydrogens is 268 g/mol. The van der Waals surface area contributed by atoms with Crippen molar-refractivity contribution in [3.05, 3.63) is 42.5 Å². The zero-order valence-electron chi connectivity index (χ0n) is 12.0. The summed E-state index contributed by atoms with van der Waals surface area (Å²) in [6.45, 7) is 3.52. The van der Waals surface area contributed by atoms with Crippen molar-refractivity contribution in [1.29, 1.82) is 0 Å². The molecule has 0 unspecified atom stereocenters. The lowest BCUT2D eigenvalue weighted by Crippen LogP contribution is -2.18. The Morgan fingerprint density at radius 3 is 2.67 bits per heavy atom. The molecule has 0 amide bonds. The number of rotatable bonds is 4. The van der Waals surface area contributed by atoms with Crippen LogP contribution in [0.1, 0.15) is 13.8 Å². The van der Waals surface area contributed by atoms with E-state index in [2.05, 4.69) is 0 Å². The maximum Gasteiger partial charge on any atom is 0.344 e. The van der Waals surface area contributed by atoms with Gasteiger partial charge in [-0.2, -0.15) is 0 Å². The first-order chi connectivity index (χ1) is 10.1. The Bertz CT molecular complexity index is 786. The van der Waals surface area contributed by atoms with Gasteiger partial charge in [0.25, 0.3) is 0 Å². The Labute approximate surface area is 122 Å². The van der Waals surface area contributed by atoms with E-state index in [0.717, 1.165) is 21.9 Å². The van der Waals surface area contributed by atoms with Gasteiger partial charge < -0.3 is 13.9 Å². The number of benzene rings is 2. The molecule has 0 saturated heterocycles. The SMILES string of the molecule is CC(C)OC(=O)COc1ccc2oc3ccccc3c2c1. The number of carbonyl (C=O) groups is 1. The molecule has 1 aromatic heterocycles. The van der Waals surface area contributed by atoms with Gasteiger partial charge in [-0.3, -0.25) is 0 Å². The summed E-state index contributed by atoms with van der Waals surface area (Å²) in [5.74, 6) is 0.247. The highest BCUT2D eigenvalue weighted by molar-refractivity contribution is 6.05. The summed E-state index contributed by atoms with van der Waals surface area (Å²) in [6.07, 6.45) is -0.138. The second-order valence-corrected chi connectivity index (χ2v) is 5.08. The molecule has 0 spiro atoms. The van der Waals surface area contributed by atoms with E-state index >= 15 is 0 Å². The van der Waals surface area contributed by atoms with E-state index in [1.165, 1.54) is 0 Å². The van der Waals surface area contributed by atoms with Crippen LogP contribution in [-0.2, 0) is 9.53 Å². The highest BCUT2D eigenvalue weighted by Gasteiger charge is 2.09. The van der Waals surface area contributed by atoms with Crippen LogP contribution >= 0.6 is 0 Å². The molecule has 0 N–H and O–H groups in total. The molecule has 108 valence electrons. The molecule has 0 aliphatic rings. The second-order valence-electron chi connectivity index (χ2n) is 5.08. The van der Waals surface area contributed by atoms with Gasteiger partial charge in [-0.1, -0.05) is 18.2 Å². The maximum atomic E-state index is 11.5. The molecule has 3 rings (SSSR count). The molecule has 3 aromatic rings. The van der Waals surface area contributed by atoms with E-state index in [0.29, 0.717) is 5.75 Å². The lowest BCUT2D eigenvalue weighted by Gasteiger charge is -2.09. The van der Waals surface area contributed by atoms with Crippen LogP contribution in [0.3, 0.4) is 0 Å². The minimum absolute atomic E-state index is 0.0977. The van der Waals surface area contributed by atoms with Crippen LogP contribution in [0.4, 0.5) is 0 Å². The van der Waals surface area contributed by atoms with Gasteiger partial charge >= 0.3 is 5.97 Å². The lowest BCUT2D eigenvalue weighted by molar-refractivity contribution is -0.149. The summed E-state index contributed by atoms with van der Waals surface area (Å²) >= 11 is 0. The van der Waals surface area contributed by atoms with Crippen LogP contribution in [0.15, 0.2) is 46.9 Å². The summed E-state index contributed by atoms with van der Waals surface area (Å²) in [4.78, 5) is 11.5. The minimum Gasteiger partial charge on any atom is -0.482 e. The Hall–Kier alpha value is -2.49. The number of furan rings is 1.